The fraction of sp³-hybridized carbons (Fsp3) is 0.368. The Morgan fingerprint density at radius 3 is 2.49 bits per heavy atom. The fourth-order valence-electron chi connectivity index (χ4n) is 5.55. The number of hydrogen-bond acceptors (Lipinski definition) is 7. The summed E-state index contributed by atoms with van der Waals surface area (Å²) in [4.78, 5) is 36.5. The number of ether oxygens (including phenoxy) is 1. The van der Waals surface area contributed by atoms with Gasteiger partial charge in [0.2, 0.25) is 5.91 Å². The maximum Gasteiger partial charge on any atom is 0.321 e. The van der Waals surface area contributed by atoms with Crippen molar-refractivity contribution in [3.05, 3.63) is 107 Å². The monoisotopic (exact) mass is 666 g/mol. The molecule has 1 heterocycles. The van der Waals surface area contributed by atoms with Crippen LogP contribution < -0.4 is 16.4 Å². The van der Waals surface area contributed by atoms with Gasteiger partial charge in [0.15, 0.2) is 0 Å². The lowest BCUT2D eigenvalue weighted by Crippen LogP contribution is -2.51. The molecule has 0 bridgehead atoms. The smallest absolute Gasteiger partial charge is 0.321 e. The molecular weight excluding hydrogens is 616 g/mol. The number of nitrogens with two attached hydrogens (primary N) is 1. The zero-order valence-corrected chi connectivity index (χ0v) is 29.3. The standard InChI is InChI=1S/C38H50N8O3/c1-6-32(35(18-20-41-28-44(4)5)43-37(47)27-49-7-2)34-25-29(3)12-17-33(34)36(11-9-8-10-19-39)45-21-23-46(24-22-45)38(48)42-31-15-13-30(26-40)14-16-31/h6,8-10,12-20,25,28,35-36H,7,11,21-24,27,39H2,1-5H3,(H,42,48)(H,43,47)/b9-8-,19-10-,20-18+,32-6+,41-28?. The molecule has 0 aromatic heterocycles. The second-order valence-electron chi connectivity index (χ2n) is 11.8. The average Bonchev–Trinajstić information content (AvgIpc) is 3.10. The normalized spacial score (nSPS) is 15.6. The summed E-state index contributed by atoms with van der Waals surface area (Å²) in [6.07, 6.45) is 15.4. The van der Waals surface area contributed by atoms with Gasteiger partial charge in [-0.1, -0.05) is 42.0 Å². The molecule has 2 aromatic rings. The Balaban J connectivity index is 1.94. The summed E-state index contributed by atoms with van der Waals surface area (Å²) in [7, 11) is 3.79. The predicted octanol–water partition coefficient (Wildman–Crippen LogP) is 5.20. The number of nitriles is 1. The number of nitrogens with zero attached hydrogens (tertiary/aromatic N) is 5. The van der Waals surface area contributed by atoms with Crippen LogP contribution in [0.1, 0.15) is 48.6 Å². The first-order chi connectivity index (χ1) is 23.7. The van der Waals surface area contributed by atoms with Gasteiger partial charge >= 0.3 is 6.03 Å². The molecule has 11 nitrogen and oxygen atoms in total. The maximum atomic E-state index is 13.1. The van der Waals surface area contributed by atoms with Gasteiger partial charge in [-0.25, -0.2) is 9.79 Å². The molecule has 11 heteroatoms. The van der Waals surface area contributed by atoms with Crippen LogP contribution in [-0.2, 0) is 9.53 Å². The molecular formula is C38H50N8O3. The lowest BCUT2D eigenvalue weighted by atomic mass is 9.87. The minimum Gasteiger partial charge on any atom is -0.405 e. The summed E-state index contributed by atoms with van der Waals surface area (Å²) in [5, 5.41) is 15.2. The van der Waals surface area contributed by atoms with Gasteiger partial charge in [-0.3, -0.25) is 9.69 Å². The van der Waals surface area contributed by atoms with Crippen molar-refractivity contribution >= 4 is 29.5 Å². The van der Waals surface area contributed by atoms with Gasteiger partial charge in [-0.2, -0.15) is 5.26 Å². The minimum atomic E-state index is -0.461. The van der Waals surface area contributed by atoms with E-state index in [0.29, 0.717) is 50.5 Å². The summed E-state index contributed by atoms with van der Waals surface area (Å²) in [5.74, 6) is -0.217. The van der Waals surface area contributed by atoms with Crippen molar-refractivity contribution in [2.75, 3.05) is 58.8 Å². The minimum absolute atomic E-state index is 0.0211. The van der Waals surface area contributed by atoms with Crippen molar-refractivity contribution < 1.29 is 14.3 Å². The van der Waals surface area contributed by atoms with Crippen molar-refractivity contribution in [3.8, 4) is 6.07 Å². The molecule has 0 aliphatic carbocycles. The predicted molar refractivity (Wildman–Crippen MR) is 198 cm³/mol. The van der Waals surface area contributed by atoms with Crippen LogP contribution in [0.15, 0.2) is 90.2 Å². The quantitative estimate of drug-likeness (QED) is 0.135. The second kappa shape index (κ2) is 20.2. The van der Waals surface area contributed by atoms with Crippen molar-refractivity contribution in [3.63, 3.8) is 0 Å². The Hall–Kier alpha value is -5.18. The van der Waals surface area contributed by atoms with E-state index in [1.165, 1.54) is 6.20 Å². The van der Waals surface area contributed by atoms with Crippen LogP contribution in [0.2, 0.25) is 0 Å². The Bertz CT molecular complexity index is 1560. The molecule has 260 valence electrons. The summed E-state index contributed by atoms with van der Waals surface area (Å²) >= 11 is 0. The number of hydrogen-bond donors (Lipinski definition) is 3. The number of anilines is 1. The summed E-state index contributed by atoms with van der Waals surface area (Å²) in [6, 6.07) is 14.7. The molecule has 49 heavy (non-hydrogen) atoms. The Labute approximate surface area is 291 Å². The van der Waals surface area contributed by atoms with E-state index in [0.717, 1.165) is 22.3 Å². The van der Waals surface area contributed by atoms with Crippen LogP contribution >= 0.6 is 0 Å². The topological polar surface area (TPSA) is 139 Å². The highest BCUT2D eigenvalue weighted by Crippen LogP contribution is 2.35. The van der Waals surface area contributed by atoms with Crippen molar-refractivity contribution in [1.82, 2.24) is 20.0 Å². The Morgan fingerprint density at radius 2 is 1.86 bits per heavy atom. The highest BCUT2D eigenvalue weighted by molar-refractivity contribution is 5.89. The molecule has 1 fully saturated rings. The third kappa shape index (κ3) is 12.1. The summed E-state index contributed by atoms with van der Waals surface area (Å²) < 4.78 is 5.40. The molecule has 2 unspecified atom stereocenters. The Morgan fingerprint density at radius 1 is 1.12 bits per heavy atom. The summed E-state index contributed by atoms with van der Waals surface area (Å²) in [6.45, 7) is 8.73. The molecule has 3 amide bonds. The number of aliphatic imine (C=N–C) groups is 1. The first kappa shape index (κ1) is 38.3. The molecule has 0 spiro atoms. The van der Waals surface area contributed by atoms with Crippen molar-refractivity contribution in [2.24, 2.45) is 10.7 Å². The van der Waals surface area contributed by atoms with E-state index >= 15 is 0 Å². The molecule has 1 aliphatic heterocycles. The van der Waals surface area contributed by atoms with Gasteiger partial charge in [0.25, 0.3) is 0 Å². The molecule has 0 saturated carbocycles. The molecule has 1 saturated heterocycles. The second-order valence-corrected chi connectivity index (χ2v) is 11.8. The van der Waals surface area contributed by atoms with Crippen LogP contribution in [0.25, 0.3) is 5.57 Å². The van der Waals surface area contributed by atoms with E-state index in [2.05, 4.69) is 57.8 Å². The third-order valence-corrected chi connectivity index (χ3v) is 7.97. The van der Waals surface area contributed by atoms with Crippen LogP contribution in [0.4, 0.5) is 10.5 Å². The zero-order valence-electron chi connectivity index (χ0n) is 29.3. The van der Waals surface area contributed by atoms with Crippen LogP contribution in [0, 0.1) is 18.3 Å². The van der Waals surface area contributed by atoms with E-state index in [1.807, 2.05) is 56.0 Å². The third-order valence-electron chi connectivity index (χ3n) is 7.97. The van der Waals surface area contributed by atoms with E-state index < -0.39 is 6.04 Å². The van der Waals surface area contributed by atoms with E-state index in [-0.39, 0.29) is 24.6 Å². The Kier molecular flexibility index (Phi) is 15.8. The van der Waals surface area contributed by atoms with Gasteiger partial charge in [-0.05, 0) is 86.5 Å². The highest BCUT2D eigenvalue weighted by atomic mass is 16.5. The first-order valence-corrected chi connectivity index (χ1v) is 16.5. The summed E-state index contributed by atoms with van der Waals surface area (Å²) in [5.41, 5.74) is 11.0. The number of carbonyl (C=O) groups is 2. The SMILES string of the molecule is C/C=C(\c1cc(C)ccc1C(C/C=C\C=C/N)N1CCN(C(=O)Nc2ccc(C#N)cc2)CC1)C(/C=C/N=CN(C)C)NC(=O)COCC. The van der Waals surface area contributed by atoms with Crippen LogP contribution in [0.3, 0.4) is 0 Å². The molecule has 2 atom stereocenters. The lowest BCUT2D eigenvalue weighted by Gasteiger charge is -2.40. The van der Waals surface area contributed by atoms with Gasteiger partial charge in [0.05, 0.1) is 24.0 Å². The maximum absolute atomic E-state index is 13.1. The number of benzene rings is 2. The van der Waals surface area contributed by atoms with Gasteiger partial charge in [0.1, 0.15) is 6.61 Å². The number of amides is 3. The van der Waals surface area contributed by atoms with Gasteiger partial charge in [0, 0.05) is 64.8 Å². The van der Waals surface area contributed by atoms with Crippen LogP contribution in [-0.4, -0.2) is 92.5 Å². The number of carbonyl (C=O) groups excluding carboxylic acids is 2. The number of nitrogens with one attached hydrogen (secondary N) is 2. The molecule has 4 N–H and O–H groups in total. The average molecular weight is 667 g/mol. The molecule has 0 radical (unpaired) electrons. The number of allylic oxidation sites excluding steroid dienone is 3. The fourth-order valence-corrected chi connectivity index (χ4v) is 5.55. The number of piperazine rings is 1. The molecule has 3 rings (SSSR count). The van der Waals surface area contributed by atoms with Gasteiger partial charge in [-0.15, -0.1) is 0 Å². The first-order valence-electron chi connectivity index (χ1n) is 16.5. The van der Waals surface area contributed by atoms with Crippen LogP contribution in [0.5, 0.6) is 0 Å². The molecule has 2 aromatic carbocycles. The highest BCUT2D eigenvalue weighted by Gasteiger charge is 2.29. The lowest BCUT2D eigenvalue weighted by molar-refractivity contribution is -0.125. The zero-order chi connectivity index (χ0) is 35.6. The van der Waals surface area contributed by atoms with E-state index in [9.17, 15) is 9.59 Å². The van der Waals surface area contributed by atoms with E-state index in [1.54, 1.807) is 42.9 Å². The largest absolute Gasteiger partial charge is 0.405 e. The van der Waals surface area contributed by atoms with Crippen molar-refractivity contribution in [1.29, 1.82) is 5.26 Å². The number of urea groups is 1. The number of rotatable bonds is 15. The number of aryl methyl sites for hydroxylation is 1. The van der Waals surface area contributed by atoms with Crippen molar-refractivity contribution in [2.45, 2.75) is 39.3 Å². The molecule has 1 aliphatic rings. The van der Waals surface area contributed by atoms with Gasteiger partial charge < -0.3 is 30.9 Å². The van der Waals surface area contributed by atoms with E-state index in [4.69, 9.17) is 15.7 Å².